The first-order chi connectivity index (χ1) is 4.48. The van der Waals surface area contributed by atoms with E-state index >= 15 is 0 Å². The van der Waals surface area contributed by atoms with Crippen LogP contribution in [0.2, 0.25) is 0 Å². The van der Waals surface area contributed by atoms with Crippen molar-refractivity contribution < 1.29 is 5.11 Å². The number of rotatable bonds is 4. The van der Waals surface area contributed by atoms with E-state index in [1.807, 2.05) is 13.8 Å². The van der Waals surface area contributed by atoms with Crippen molar-refractivity contribution in [2.24, 2.45) is 0 Å². The largest absolute Gasteiger partial charge is 0.390 e. The van der Waals surface area contributed by atoms with Gasteiger partial charge in [-0.25, -0.2) is 0 Å². The highest BCUT2D eigenvalue weighted by atomic mass is 16.3. The average molecular weight is 142 g/mol. The third-order valence-corrected chi connectivity index (χ3v) is 1.47. The summed E-state index contributed by atoms with van der Waals surface area (Å²) in [5.41, 5.74) is 0.527. The Kier molecular flexibility index (Phi) is 3.66. The summed E-state index contributed by atoms with van der Waals surface area (Å²) < 4.78 is 0. The van der Waals surface area contributed by atoms with Gasteiger partial charge >= 0.3 is 0 Å². The minimum atomic E-state index is -0.527. The third-order valence-electron chi connectivity index (χ3n) is 1.47. The molecule has 10 heavy (non-hydrogen) atoms. The third kappa shape index (κ3) is 4.57. The Labute approximate surface area is 63.8 Å². The fraction of sp³-hybridized carbons (Fsp3) is 0.778. The summed E-state index contributed by atoms with van der Waals surface area (Å²) in [4.78, 5) is 0. The Morgan fingerprint density at radius 3 is 2.40 bits per heavy atom. The van der Waals surface area contributed by atoms with Crippen molar-refractivity contribution in [1.82, 2.24) is 0 Å². The summed E-state index contributed by atoms with van der Waals surface area (Å²) in [6.07, 6.45) is 2.61. The molecular weight excluding hydrogens is 124 g/mol. The van der Waals surface area contributed by atoms with Crippen molar-refractivity contribution in [1.29, 1.82) is 0 Å². The van der Waals surface area contributed by atoms with E-state index in [0.717, 1.165) is 24.8 Å². The topological polar surface area (TPSA) is 20.2 Å². The van der Waals surface area contributed by atoms with Crippen molar-refractivity contribution in [3.63, 3.8) is 0 Å². The summed E-state index contributed by atoms with van der Waals surface area (Å²) >= 11 is 0. The van der Waals surface area contributed by atoms with Crippen molar-refractivity contribution in [2.45, 2.75) is 45.6 Å². The van der Waals surface area contributed by atoms with Crippen LogP contribution >= 0.6 is 0 Å². The fourth-order valence-electron chi connectivity index (χ4n) is 1.28. The normalized spacial score (nSPS) is 16.4. The Balaban J connectivity index is 3.74. The van der Waals surface area contributed by atoms with Crippen LogP contribution in [-0.2, 0) is 0 Å². The molecule has 1 heteroatoms. The van der Waals surface area contributed by atoms with Gasteiger partial charge in [-0.05, 0) is 26.7 Å². The van der Waals surface area contributed by atoms with Gasteiger partial charge in [0.2, 0.25) is 0 Å². The van der Waals surface area contributed by atoms with Crippen molar-refractivity contribution in [3.8, 4) is 0 Å². The number of aliphatic hydroxyl groups is 1. The quantitative estimate of drug-likeness (QED) is 0.598. The van der Waals surface area contributed by atoms with Gasteiger partial charge in [-0.1, -0.05) is 18.9 Å². The van der Waals surface area contributed by atoms with Gasteiger partial charge in [0.1, 0.15) is 0 Å². The molecule has 0 aromatic heterocycles. The predicted molar refractivity (Wildman–Crippen MR) is 45.0 cm³/mol. The molecule has 1 N–H and O–H groups in total. The highest BCUT2D eigenvalue weighted by Crippen LogP contribution is 2.19. The zero-order valence-electron chi connectivity index (χ0n) is 7.28. The molecule has 0 spiro atoms. The SMILES string of the molecule is C=C(C)CC(C)(O)CCC. The molecule has 0 bridgehead atoms. The van der Waals surface area contributed by atoms with Gasteiger partial charge in [-0.15, -0.1) is 6.58 Å². The van der Waals surface area contributed by atoms with Crippen LogP contribution in [0.3, 0.4) is 0 Å². The van der Waals surface area contributed by atoms with Gasteiger partial charge < -0.3 is 5.11 Å². The van der Waals surface area contributed by atoms with Crippen molar-refractivity contribution >= 4 is 0 Å². The van der Waals surface area contributed by atoms with E-state index in [1.165, 1.54) is 0 Å². The molecule has 0 fully saturated rings. The summed E-state index contributed by atoms with van der Waals surface area (Å²) in [6.45, 7) is 9.65. The van der Waals surface area contributed by atoms with E-state index in [-0.39, 0.29) is 0 Å². The van der Waals surface area contributed by atoms with Crippen molar-refractivity contribution in [2.75, 3.05) is 0 Å². The van der Waals surface area contributed by atoms with Crippen LogP contribution in [0, 0.1) is 0 Å². The maximum atomic E-state index is 9.62. The molecule has 1 nitrogen and oxygen atoms in total. The second-order valence-electron chi connectivity index (χ2n) is 3.38. The average Bonchev–Trinajstić information content (AvgIpc) is 1.59. The van der Waals surface area contributed by atoms with Crippen LogP contribution in [0.4, 0.5) is 0 Å². The molecule has 1 unspecified atom stereocenters. The van der Waals surface area contributed by atoms with E-state index in [9.17, 15) is 5.11 Å². The van der Waals surface area contributed by atoms with E-state index in [0.29, 0.717) is 0 Å². The summed E-state index contributed by atoms with van der Waals surface area (Å²) in [7, 11) is 0. The summed E-state index contributed by atoms with van der Waals surface area (Å²) in [5.74, 6) is 0. The Morgan fingerprint density at radius 1 is 1.60 bits per heavy atom. The Morgan fingerprint density at radius 2 is 2.10 bits per heavy atom. The summed E-state index contributed by atoms with van der Waals surface area (Å²) in [5, 5.41) is 9.62. The maximum absolute atomic E-state index is 9.62. The second-order valence-corrected chi connectivity index (χ2v) is 3.38. The fourth-order valence-corrected chi connectivity index (χ4v) is 1.28. The Hall–Kier alpha value is -0.300. The molecule has 0 aliphatic rings. The maximum Gasteiger partial charge on any atom is 0.0656 e. The first-order valence-corrected chi connectivity index (χ1v) is 3.84. The minimum absolute atomic E-state index is 0.527. The molecule has 1 atom stereocenters. The summed E-state index contributed by atoms with van der Waals surface area (Å²) in [6, 6.07) is 0. The zero-order valence-corrected chi connectivity index (χ0v) is 7.28. The molecule has 0 aromatic carbocycles. The molecule has 0 rings (SSSR count). The predicted octanol–water partition coefficient (Wildman–Crippen LogP) is 2.50. The monoisotopic (exact) mass is 142 g/mol. The van der Waals surface area contributed by atoms with E-state index in [1.54, 1.807) is 0 Å². The molecule has 0 saturated heterocycles. The van der Waals surface area contributed by atoms with Crippen LogP contribution in [0.1, 0.15) is 40.0 Å². The highest BCUT2D eigenvalue weighted by Gasteiger charge is 2.18. The standard InChI is InChI=1S/C9H18O/c1-5-6-9(4,10)7-8(2)3/h10H,2,5-7H2,1,3-4H3. The van der Waals surface area contributed by atoms with E-state index < -0.39 is 5.60 Å². The lowest BCUT2D eigenvalue weighted by Crippen LogP contribution is -2.23. The second kappa shape index (κ2) is 3.77. The van der Waals surface area contributed by atoms with Crippen LogP contribution in [0.25, 0.3) is 0 Å². The molecule has 0 heterocycles. The number of hydrogen-bond donors (Lipinski definition) is 1. The van der Waals surface area contributed by atoms with Gasteiger partial charge in [-0.3, -0.25) is 0 Å². The molecule has 0 aliphatic heterocycles. The lowest BCUT2D eigenvalue weighted by Gasteiger charge is -2.22. The molecule has 0 radical (unpaired) electrons. The number of hydrogen-bond acceptors (Lipinski definition) is 1. The molecule has 60 valence electrons. The van der Waals surface area contributed by atoms with Crippen LogP contribution < -0.4 is 0 Å². The zero-order chi connectivity index (χ0) is 8.20. The van der Waals surface area contributed by atoms with Gasteiger partial charge in [0.15, 0.2) is 0 Å². The lowest BCUT2D eigenvalue weighted by molar-refractivity contribution is 0.0507. The lowest BCUT2D eigenvalue weighted by atomic mass is 9.93. The van der Waals surface area contributed by atoms with Crippen LogP contribution in [0.5, 0.6) is 0 Å². The van der Waals surface area contributed by atoms with E-state index in [4.69, 9.17) is 0 Å². The van der Waals surface area contributed by atoms with Gasteiger partial charge in [0, 0.05) is 0 Å². The first-order valence-electron chi connectivity index (χ1n) is 3.84. The highest BCUT2D eigenvalue weighted by molar-refractivity contribution is 4.95. The van der Waals surface area contributed by atoms with Gasteiger partial charge in [0.25, 0.3) is 0 Å². The molecular formula is C9H18O. The van der Waals surface area contributed by atoms with Crippen LogP contribution in [0.15, 0.2) is 12.2 Å². The van der Waals surface area contributed by atoms with Crippen molar-refractivity contribution in [3.05, 3.63) is 12.2 Å². The molecule has 0 saturated carbocycles. The molecule has 0 aliphatic carbocycles. The minimum Gasteiger partial charge on any atom is -0.390 e. The Bertz CT molecular complexity index is 114. The molecule has 0 amide bonds. The molecule has 0 aromatic rings. The van der Waals surface area contributed by atoms with Crippen LogP contribution in [-0.4, -0.2) is 10.7 Å². The smallest absolute Gasteiger partial charge is 0.0656 e. The first kappa shape index (κ1) is 9.70. The van der Waals surface area contributed by atoms with Gasteiger partial charge in [0.05, 0.1) is 5.60 Å². The van der Waals surface area contributed by atoms with E-state index in [2.05, 4.69) is 13.5 Å². The van der Waals surface area contributed by atoms with Gasteiger partial charge in [-0.2, -0.15) is 0 Å².